The van der Waals surface area contributed by atoms with E-state index in [9.17, 15) is 0 Å². The topological polar surface area (TPSA) is 37.8 Å². The van der Waals surface area contributed by atoms with Crippen molar-refractivity contribution in [2.45, 2.75) is 57.4 Å². The number of aromatic nitrogens is 2. The van der Waals surface area contributed by atoms with E-state index in [1.54, 1.807) is 17.7 Å². The molecule has 3 rings (SSSR count). The van der Waals surface area contributed by atoms with Gasteiger partial charge in [0.15, 0.2) is 0 Å². The Morgan fingerprint density at radius 3 is 2.67 bits per heavy atom. The second-order valence-corrected chi connectivity index (χ2v) is 7.27. The average Bonchev–Trinajstić information content (AvgIpc) is 2.85. The summed E-state index contributed by atoms with van der Waals surface area (Å²) in [5.74, 6) is 1.66. The van der Waals surface area contributed by atoms with Crippen LogP contribution in [-0.4, -0.2) is 21.9 Å². The largest absolute Gasteiger partial charge is 0.367 e. The Morgan fingerprint density at radius 1 is 1.14 bits per heavy atom. The molecule has 5 heteroatoms. The van der Waals surface area contributed by atoms with E-state index in [-0.39, 0.29) is 0 Å². The van der Waals surface area contributed by atoms with Crippen molar-refractivity contribution in [1.82, 2.24) is 9.97 Å². The summed E-state index contributed by atoms with van der Waals surface area (Å²) in [5, 5.41) is 4.83. The van der Waals surface area contributed by atoms with Gasteiger partial charge < -0.3 is 5.32 Å². The van der Waals surface area contributed by atoms with Gasteiger partial charge in [-0.15, -0.1) is 22.9 Å². The zero-order valence-corrected chi connectivity index (χ0v) is 13.8. The number of anilines is 1. The normalized spacial score (nSPS) is 17.6. The Kier molecular flexibility index (Phi) is 5.31. The van der Waals surface area contributed by atoms with Crippen molar-refractivity contribution < 1.29 is 0 Å². The summed E-state index contributed by atoms with van der Waals surface area (Å²) in [6.45, 7) is 0. The highest BCUT2D eigenvalue weighted by atomic mass is 35.5. The van der Waals surface area contributed by atoms with Gasteiger partial charge in [-0.25, -0.2) is 9.97 Å². The van der Waals surface area contributed by atoms with Crippen molar-refractivity contribution in [2.24, 2.45) is 0 Å². The van der Waals surface area contributed by atoms with Crippen LogP contribution in [0.25, 0.3) is 10.2 Å². The minimum absolute atomic E-state index is 0.555. The number of rotatable bonds is 4. The first-order valence-corrected chi connectivity index (χ1v) is 9.28. The van der Waals surface area contributed by atoms with Gasteiger partial charge in [0, 0.05) is 16.8 Å². The van der Waals surface area contributed by atoms with Gasteiger partial charge in [-0.2, -0.15) is 0 Å². The van der Waals surface area contributed by atoms with Gasteiger partial charge >= 0.3 is 0 Å². The van der Waals surface area contributed by atoms with E-state index in [1.807, 2.05) is 0 Å². The summed E-state index contributed by atoms with van der Waals surface area (Å²) in [6.07, 6.45) is 11.9. The Bertz CT molecular complexity index is 576. The van der Waals surface area contributed by atoms with Gasteiger partial charge in [-0.1, -0.05) is 32.1 Å². The molecule has 0 spiro atoms. The monoisotopic (exact) mass is 323 g/mol. The van der Waals surface area contributed by atoms with Gasteiger partial charge in [-0.05, 0) is 25.3 Å². The summed E-state index contributed by atoms with van der Waals surface area (Å²) >= 11 is 7.58. The van der Waals surface area contributed by atoms with E-state index < -0.39 is 0 Å². The number of hydrogen-bond acceptors (Lipinski definition) is 4. The fraction of sp³-hybridized carbons (Fsp3) is 0.625. The predicted molar refractivity (Wildman–Crippen MR) is 91.6 cm³/mol. The van der Waals surface area contributed by atoms with Crippen LogP contribution >= 0.6 is 22.9 Å². The molecular weight excluding hydrogens is 302 g/mol. The van der Waals surface area contributed by atoms with Crippen molar-refractivity contribution in [3.8, 4) is 0 Å². The quantitative estimate of drug-likeness (QED) is 0.805. The zero-order chi connectivity index (χ0) is 14.5. The van der Waals surface area contributed by atoms with Crippen LogP contribution < -0.4 is 5.32 Å². The molecule has 114 valence electrons. The van der Waals surface area contributed by atoms with Crippen molar-refractivity contribution in [2.75, 3.05) is 11.2 Å². The lowest BCUT2D eigenvalue weighted by Crippen LogP contribution is -2.21. The van der Waals surface area contributed by atoms with Crippen LogP contribution in [0.2, 0.25) is 0 Å². The first-order valence-electron chi connectivity index (χ1n) is 7.93. The molecule has 1 saturated carbocycles. The number of hydrogen-bond donors (Lipinski definition) is 1. The Hall–Kier alpha value is -0.870. The van der Waals surface area contributed by atoms with Gasteiger partial charge in [0.2, 0.25) is 0 Å². The number of nitrogens with zero attached hydrogens (tertiary/aromatic N) is 2. The van der Waals surface area contributed by atoms with Crippen molar-refractivity contribution >= 4 is 39.0 Å². The Morgan fingerprint density at radius 2 is 1.90 bits per heavy atom. The van der Waals surface area contributed by atoms with E-state index in [0.717, 1.165) is 22.5 Å². The smallest absolute Gasteiger partial charge is 0.138 e. The Balaban J connectivity index is 1.78. The molecule has 0 amide bonds. The molecule has 0 unspecified atom stereocenters. The third-order valence-electron chi connectivity index (χ3n) is 4.17. The fourth-order valence-corrected chi connectivity index (χ4v) is 4.34. The molecule has 0 aliphatic heterocycles. The summed E-state index contributed by atoms with van der Waals surface area (Å²) in [6, 6.07) is 2.76. The van der Waals surface area contributed by atoms with Gasteiger partial charge in [0.25, 0.3) is 0 Å². The number of alkyl halides is 1. The summed E-state index contributed by atoms with van der Waals surface area (Å²) in [5.41, 5.74) is 0. The SMILES string of the molecule is ClCCc1cc2c(NC3CCCCCCC3)ncnc2s1. The maximum Gasteiger partial charge on any atom is 0.138 e. The Labute approximate surface area is 135 Å². The molecule has 1 aliphatic carbocycles. The highest BCUT2D eigenvalue weighted by Crippen LogP contribution is 2.30. The fourth-order valence-electron chi connectivity index (χ4n) is 3.03. The van der Waals surface area contributed by atoms with Crippen LogP contribution in [-0.2, 0) is 6.42 Å². The van der Waals surface area contributed by atoms with Crippen LogP contribution in [0.15, 0.2) is 12.4 Å². The molecule has 1 aliphatic rings. The van der Waals surface area contributed by atoms with Crippen LogP contribution in [0.3, 0.4) is 0 Å². The molecule has 0 saturated heterocycles. The summed E-state index contributed by atoms with van der Waals surface area (Å²) in [7, 11) is 0. The molecule has 1 fully saturated rings. The molecule has 0 atom stereocenters. The summed E-state index contributed by atoms with van der Waals surface area (Å²) < 4.78 is 0. The average molecular weight is 324 g/mol. The molecule has 2 aromatic heterocycles. The first-order chi connectivity index (χ1) is 10.4. The number of halogens is 1. The molecule has 0 aromatic carbocycles. The number of fused-ring (bicyclic) bond motifs is 1. The van der Waals surface area contributed by atoms with Crippen LogP contribution in [0.1, 0.15) is 49.8 Å². The molecule has 0 bridgehead atoms. The lowest BCUT2D eigenvalue weighted by Gasteiger charge is -2.21. The van der Waals surface area contributed by atoms with Crippen LogP contribution in [0.5, 0.6) is 0 Å². The van der Waals surface area contributed by atoms with E-state index in [2.05, 4.69) is 21.4 Å². The molecule has 3 nitrogen and oxygen atoms in total. The highest BCUT2D eigenvalue weighted by molar-refractivity contribution is 7.18. The lowest BCUT2D eigenvalue weighted by atomic mass is 9.97. The molecule has 21 heavy (non-hydrogen) atoms. The van der Waals surface area contributed by atoms with Crippen molar-refractivity contribution in [1.29, 1.82) is 0 Å². The van der Waals surface area contributed by atoms with Crippen LogP contribution in [0, 0.1) is 0 Å². The van der Waals surface area contributed by atoms with Gasteiger partial charge in [-0.3, -0.25) is 0 Å². The molecule has 1 N–H and O–H groups in total. The molecule has 2 heterocycles. The maximum absolute atomic E-state index is 5.85. The lowest BCUT2D eigenvalue weighted by molar-refractivity contribution is 0.471. The number of nitrogens with one attached hydrogen (secondary N) is 1. The highest BCUT2D eigenvalue weighted by Gasteiger charge is 2.14. The first kappa shape index (κ1) is 15.0. The maximum atomic E-state index is 5.85. The number of aryl methyl sites for hydroxylation is 1. The second-order valence-electron chi connectivity index (χ2n) is 5.78. The van der Waals surface area contributed by atoms with Gasteiger partial charge in [0.05, 0.1) is 5.39 Å². The minimum Gasteiger partial charge on any atom is -0.367 e. The van der Waals surface area contributed by atoms with Crippen molar-refractivity contribution in [3.05, 3.63) is 17.3 Å². The van der Waals surface area contributed by atoms with Gasteiger partial charge in [0.1, 0.15) is 17.0 Å². The van der Waals surface area contributed by atoms with E-state index in [0.29, 0.717) is 11.9 Å². The molecule has 0 radical (unpaired) electrons. The molecule has 2 aromatic rings. The third kappa shape index (κ3) is 3.86. The number of thiophene rings is 1. The van der Waals surface area contributed by atoms with E-state index >= 15 is 0 Å². The molecular formula is C16H22ClN3S. The van der Waals surface area contributed by atoms with E-state index in [4.69, 9.17) is 11.6 Å². The van der Waals surface area contributed by atoms with Crippen LogP contribution in [0.4, 0.5) is 5.82 Å². The predicted octanol–water partition coefficient (Wildman–Crippen LogP) is 5.00. The minimum atomic E-state index is 0.555. The summed E-state index contributed by atoms with van der Waals surface area (Å²) in [4.78, 5) is 11.2. The van der Waals surface area contributed by atoms with E-state index in [1.165, 1.54) is 49.8 Å². The standard InChI is InChI=1S/C16H22ClN3S/c17-9-8-13-10-14-15(18-11-19-16(14)21-13)20-12-6-4-2-1-3-5-7-12/h10-12H,1-9H2,(H,18,19,20). The second kappa shape index (κ2) is 7.41. The third-order valence-corrected chi connectivity index (χ3v) is 5.46. The van der Waals surface area contributed by atoms with Crippen molar-refractivity contribution in [3.63, 3.8) is 0 Å². The zero-order valence-electron chi connectivity index (χ0n) is 12.3.